The second-order valence-electron chi connectivity index (χ2n) is 5.91. The molecular weight excluding hydrogens is 329 g/mol. The molecule has 1 aromatic heterocycles. The molecule has 2 heterocycles. The molecule has 0 bridgehead atoms. The van der Waals surface area contributed by atoms with Crippen LogP contribution in [0.3, 0.4) is 0 Å². The molecule has 1 aromatic carbocycles. The smallest absolute Gasteiger partial charge is 0.308 e. The first-order valence-corrected chi connectivity index (χ1v) is 8.80. The number of rotatable bonds is 5. The maximum Gasteiger partial charge on any atom is 0.308 e. The zero-order chi connectivity index (χ0) is 17.1. The number of thiophene rings is 1. The summed E-state index contributed by atoms with van der Waals surface area (Å²) in [6, 6.07) is 7.84. The van der Waals surface area contributed by atoms with Crippen LogP contribution in [0.25, 0.3) is 0 Å². The molecule has 2 unspecified atom stereocenters. The number of aliphatic carboxylic acids is 1. The Kier molecular flexibility index (Phi) is 4.94. The van der Waals surface area contributed by atoms with Gasteiger partial charge in [0.15, 0.2) is 0 Å². The molecule has 0 aliphatic carbocycles. The van der Waals surface area contributed by atoms with Gasteiger partial charge in [0.05, 0.1) is 12.0 Å². The van der Waals surface area contributed by atoms with Gasteiger partial charge in [-0.3, -0.25) is 9.59 Å². The Morgan fingerprint density at radius 1 is 1.33 bits per heavy atom. The summed E-state index contributed by atoms with van der Waals surface area (Å²) >= 11 is 1.48. The van der Waals surface area contributed by atoms with Crippen molar-refractivity contribution < 1.29 is 19.1 Å². The van der Waals surface area contributed by atoms with Gasteiger partial charge in [0.2, 0.25) is 5.91 Å². The second-order valence-corrected chi connectivity index (χ2v) is 6.69. The number of nitrogens with zero attached hydrogens (tertiary/aromatic N) is 1. The summed E-state index contributed by atoms with van der Waals surface area (Å²) in [6.45, 7) is 0.310. The van der Waals surface area contributed by atoms with E-state index in [-0.39, 0.29) is 18.1 Å². The number of carboxylic acids is 1. The monoisotopic (exact) mass is 347 g/mol. The quantitative estimate of drug-likeness (QED) is 0.901. The summed E-state index contributed by atoms with van der Waals surface area (Å²) in [5.41, 5.74) is 1.38. The van der Waals surface area contributed by atoms with Crippen LogP contribution < -0.4 is 0 Å². The van der Waals surface area contributed by atoms with Crippen LogP contribution in [0.5, 0.6) is 0 Å². The van der Waals surface area contributed by atoms with E-state index in [1.54, 1.807) is 23.1 Å². The molecule has 0 radical (unpaired) electrons. The number of carbonyl (C=O) groups is 2. The molecule has 24 heavy (non-hydrogen) atoms. The first kappa shape index (κ1) is 16.6. The number of carbonyl (C=O) groups excluding carboxylic acids is 1. The van der Waals surface area contributed by atoms with Crippen LogP contribution in [0.2, 0.25) is 0 Å². The van der Waals surface area contributed by atoms with Gasteiger partial charge in [-0.1, -0.05) is 18.2 Å². The van der Waals surface area contributed by atoms with Gasteiger partial charge in [0.1, 0.15) is 5.82 Å². The molecule has 0 saturated carbocycles. The van der Waals surface area contributed by atoms with E-state index in [1.165, 1.54) is 17.4 Å². The van der Waals surface area contributed by atoms with Crippen LogP contribution in [0.4, 0.5) is 4.39 Å². The average Bonchev–Trinajstić information content (AvgIpc) is 3.08. The third-order valence-corrected chi connectivity index (χ3v) is 5.19. The number of benzene rings is 1. The van der Waals surface area contributed by atoms with E-state index in [1.807, 2.05) is 16.8 Å². The summed E-state index contributed by atoms with van der Waals surface area (Å²) in [7, 11) is 0. The number of carboxylic acid groups (broad SMARTS) is 1. The van der Waals surface area contributed by atoms with E-state index in [0.717, 1.165) is 5.56 Å². The Morgan fingerprint density at radius 2 is 2.12 bits per heavy atom. The fourth-order valence-corrected chi connectivity index (χ4v) is 3.96. The highest BCUT2D eigenvalue weighted by Crippen LogP contribution is 2.37. The normalized spacial score (nSPS) is 21.0. The molecule has 6 heteroatoms. The lowest BCUT2D eigenvalue weighted by Gasteiger charge is -2.39. The van der Waals surface area contributed by atoms with E-state index in [0.29, 0.717) is 24.9 Å². The minimum absolute atomic E-state index is 0.0694. The number of halogens is 1. The number of amides is 1. The maximum absolute atomic E-state index is 13.8. The zero-order valence-electron chi connectivity index (χ0n) is 13.0. The fourth-order valence-electron chi connectivity index (χ4n) is 3.27. The summed E-state index contributed by atoms with van der Waals surface area (Å²) < 4.78 is 13.8. The van der Waals surface area contributed by atoms with Crippen molar-refractivity contribution in [2.24, 2.45) is 5.92 Å². The summed E-state index contributed by atoms with van der Waals surface area (Å²) in [6.07, 6.45) is 0.922. The number of piperidine rings is 1. The van der Waals surface area contributed by atoms with Gasteiger partial charge in [-0.05, 0) is 46.9 Å². The lowest BCUT2D eigenvalue weighted by atomic mass is 9.85. The van der Waals surface area contributed by atoms with Crippen molar-refractivity contribution >= 4 is 23.2 Å². The molecule has 126 valence electrons. The molecule has 1 fully saturated rings. The molecule has 2 atom stereocenters. The largest absolute Gasteiger partial charge is 0.481 e. The van der Waals surface area contributed by atoms with Gasteiger partial charge in [-0.2, -0.15) is 11.3 Å². The van der Waals surface area contributed by atoms with Crippen molar-refractivity contribution in [3.8, 4) is 0 Å². The number of hydrogen-bond donors (Lipinski definition) is 1. The van der Waals surface area contributed by atoms with E-state index >= 15 is 0 Å². The molecule has 1 N–H and O–H groups in total. The minimum atomic E-state index is -0.894. The predicted octanol–water partition coefficient (Wildman–Crippen LogP) is 3.49. The molecule has 0 spiro atoms. The van der Waals surface area contributed by atoms with Crippen LogP contribution in [0.15, 0.2) is 41.1 Å². The zero-order valence-corrected chi connectivity index (χ0v) is 13.8. The minimum Gasteiger partial charge on any atom is -0.481 e. The lowest BCUT2D eigenvalue weighted by molar-refractivity contribution is -0.152. The molecule has 2 aromatic rings. The van der Waals surface area contributed by atoms with E-state index < -0.39 is 17.9 Å². The van der Waals surface area contributed by atoms with Crippen LogP contribution in [-0.2, 0) is 16.0 Å². The van der Waals surface area contributed by atoms with Gasteiger partial charge in [0, 0.05) is 13.0 Å². The average molecular weight is 347 g/mol. The van der Waals surface area contributed by atoms with Crippen LogP contribution >= 0.6 is 11.3 Å². The van der Waals surface area contributed by atoms with E-state index in [4.69, 9.17) is 0 Å². The Bertz CT molecular complexity index is 732. The molecular formula is C18H18FNO3S. The topological polar surface area (TPSA) is 57.6 Å². The van der Waals surface area contributed by atoms with Gasteiger partial charge < -0.3 is 10.0 Å². The Labute approximate surface area is 143 Å². The highest BCUT2D eigenvalue weighted by molar-refractivity contribution is 7.08. The summed E-state index contributed by atoms with van der Waals surface area (Å²) in [5.74, 6) is -1.89. The lowest BCUT2D eigenvalue weighted by Crippen LogP contribution is -2.46. The van der Waals surface area contributed by atoms with E-state index in [9.17, 15) is 19.1 Å². The van der Waals surface area contributed by atoms with Crippen molar-refractivity contribution in [1.29, 1.82) is 0 Å². The second kappa shape index (κ2) is 7.13. The standard InChI is InChI=1S/C18H18FNO3S/c19-15-4-2-1-3-12(15)7-9-20-16(21)6-5-14(18(22)23)17(20)13-8-10-24-11-13/h1-4,8,10-11,14,17H,5-7,9H2,(H,22,23). The predicted molar refractivity (Wildman–Crippen MR) is 89.2 cm³/mol. The first-order chi connectivity index (χ1) is 11.6. The van der Waals surface area contributed by atoms with Crippen LogP contribution in [0.1, 0.15) is 30.0 Å². The van der Waals surface area contributed by atoms with Gasteiger partial charge in [0.25, 0.3) is 0 Å². The van der Waals surface area contributed by atoms with Gasteiger partial charge in [-0.15, -0.1) is 0 Å². The maximum atomic E-state index is 13.8. The molecule has 4 nitrogen and oxygen atoms in total. The Hall–Kier alpha value is -2.21. The third kappa shape index (κ3) is 3.33. The van der Waals surface area contributed by atoms with Gasteiger partial charge >= 0.3 is 5.97 Å². The Morgan fingerprint density at radius 3 is 2.79 bits per heavy atom. The third-order valence-electron chi connectivity index (χ3n) is 4.49. The van der Waals surface area contributed by atoms with Crippen molar-refractivity contribution in [3.05, 3.63) is 58.0 Å². The van der Waals surface area contributed by atoms with Crippen LogP contribution in [-0.4, -0.2) is 28.4 Å². The first-order valence-electron chi connectivity index (χ1n) is 7.85. The number of hydrogen-bond acceptors (Lipinski definition) is 3. The SMILES string of the molecule is O=C(O)C1CCC(=O)N(CCc2ccccc2F)C1c1ccsc1. The van der Waals surface area contributed by atoms with Crippen molar-refractivity contribution in [2.75, 3.05) is 6.54 Å². The molecule has 1 aliphatic rings. The van der Waals surface area contributed by atoms with Crippen molar-refractivity contribution in [3.63, 3.8) is 0 Å². The van der Waals surface area contributed by atoms with Crippen molar-refractivity contribution in [1.82, 2.24) is 4.90 Å². The highest BCUT2D eigenvalue weighted by atomic mass is 32.1. The molecule has 1 aliphatic heterocycles. The summed E-state index contributed by atoms with van der Waals surface area (Å²) in [4.78, 5) is 25.7. The summed E-state index contributed by atoms with van der Waals surface area (Å²) in [5, 5.41) is 13.3. The van der Waals surface area contributed by atoms with Gasteiger partial charge in [-0.25, -0.2) is 4.39 Å². The van der Waals surface area contributed by atoms with Crippen molar-refractivity contribution in [2.45, 2.75) is 25.3 Å². The number of likely N-dealkylation sites (tertiary alicyclic amines) is 1. The molecule has 1 saturated heterocycles. The fraction of sp³-hybridized carbons (Fsp3) is 0.333. The van der Waals surface area contributed by atoms with Crippen LogP contribution in [0, 0.1) is 11.7 Å². The highest BCUT2D eigenvalue weighted by Gasteiger charge is 2.40. The Balaban J connectivity index is 1.85. The molecule has 1 amide bonds. The van der Waals surface area contributed by atoms with E-state index in [2.05, 4.69) is 0 Å². The molecule has 3 rings (SSSR count).